The van der Waals surface area contributed by atoms with Crippen LogP contribution in [0.15, 0.2) is 18.2 Å². The quantitative estimate of drug-likeness (QED) is 0.634. The summed E-state index contributed by atoms with van der Waals surface area (Å²) in [6.45, 7) is 2.26. The Balaban J connectivity index is 1.75. The van der Waals surface area contributed by atoms with E-state index in [1.54, 1.807) is 0 Å². The lowest BCUT2D eigenvalue weighted by atomic mass is 10.0. The average molecular weight is 244 g/mol. The molecule has 0 aliphatic heterocycles. The van der Waals surface area contributed by atoms with E-state index in [0.29, 0.717) is 5.78 Å². The molecule has 0 fully saturated rings. The molecule has 98 valence electrons. The minimum absolute atomic E-state index is 0.330. The Hall–Kier alpha value is -1.11. The van der Waals surface area contributed by atoms with Crippen molar-refractivity contribution in [1.29, 1.82) is 0 Å². The third-order valence-corrected chi connectivity index (χ3v) is 3.91. The van der Waals surface area contributed by atoms with Crippen LogP contribution >= 0.6 is 0 Å². The largest absolute Gasteiger partial charge is 0.294 e. The van der Waals surface area contributed by atoms with E-state index < -0.39 is 0 Å². The second-order valence-electron chi connectivity index (χ2n) is 5.43. The fourth-order valence-corrected chi connectivity index (χ4v) is 2.77. The first kappa shape index (κ1) is 13.3. The van der Waals surface area contributed by atoms with Gasteiger partial charge in [-0.2, -0.15) is 0 Å². The number of hydrogen-bond donors (Lipinski definition) is 0. The van der Waals surface area contributed by atoms with Crippen molar-refractivity contribution in [3.8, 4) is 0 Å². The van der Waals surface area contributed by atoms with Crippen LogP contribution in [-0.2, 0) is 12.8 Å². The summed E-state index contributed by atoms with van der Waals surface area (Å²) in [6, 6.07) is 6.44. The van der Waals surface area contributed by atoms with Crippen LogP contribution in [0.3, 0.4) is 0 Å². The number of unbranched alkanes of at least 4 members (excludes halogenated alkanes) is 5. The van der Waals surface area contributed by atoms with E-state index in [1.165, 1.54) is 56.1 Å². The van der Waals surface area contributed by atoms with Crippen LogP contribution in [0, 0.1) is 0 Å². The van der Waals surface area contributed by atoms with Crippen LogP contribution in [-0.4, -0.2) is 5.78 Å². The van der Waals surface area contributed by atoms with Gasteiger partial charge in [0, 0.05) is 12.0 Å². The van der Waals surface area contributed by atoms with Crippen molar-refractivity contribution in [1.82, 2.24) is 0 Å². The minimum atomic E-state index is 0.330. The number of carbonyl (C=O) groups is 1. The molecule has 1 aliphatic carbocycles. The van der Waals surface area contributed by atoms with E-state index in [-0.39, 0.29) is 0 Å². The third kappa shape index (κ3) is 3.44. The van der Waals surface area contributed by atoms with Crippen LogP contribution in [0.2, 0.25) is 0 Å². The Bertz CT molecular complexity index is 406. The molecule has 18 heavy (non-hydrogen) atoms. The zero-order valence-corrected chi connectivity index (χ0v) is 11.5. The molecular weight excluding hydrogens is 220 g/mol. The van der Waals surface area contributed by atoms with Gasteiger partial charge in [-0.25, -0.2) is 0 Å². The molecule has 0 aromatic heterocycles. The molecular formula is C17H24O. The molecule has 2 rings (SSSR count). The summed E-state index contributed by atoms with van der Waals surface area (Å²) in [6.07, 6.45) is 10.9. The van der Waals surface area contributed by atoms with Gasteiger partial charge in [0.15, 0.2) is 5.78 Å². The summed E-state index contributed by atoms with van der Waals surface area (Å²) in [4.78, 5) is 11.5. The molecule has 0 unspecified atom stereocenters. The van der Waals surface area contributed by atoms with E-state index >= 15 is 0 Å². The van der Waals surface area contributed by atoms with Gasteiger partial charge < -0.3 is 0 Å². The fourth-order valence-electron chi connectivity index (χ4n) is 2.77. The van der Waals surface area contributed by atoms with E-state index in [4.69, 9.17) is 0 Å². The van der Waals surface area contributed by atoms with Gasteiger partial charge in [-0.1, -0.05) is 57.2 Å². The van der Waals surface area contributed by atoms with Crippen LogP contribution in [0.25, 0.3) is 0 Å². The number of ketones is 1. The number of benzene rings is 1. The number of hydrogen-bond acceptors (Lipinski definition) is 1. The molecule has 0 spiro atoms. The third-order valence-electron chi connectivity index (χ3n) is 3.91. The molecule has 0 atom stereocenters. The lowest BCUT2D eigenvalue weighted by Crippen LogP contribution is -1.93. The highest BCUT2D eigenvalue weighted by Gasteiger charge is 2.18. The Morgan fingerprint density at radius 2 is 1.78 bits per heavy atom. The van der Waals surface area contributed by atoms with Gasteiger partial charge in [0.05, 0.1) is 0 Å². The fraction of sp³-hybridized carbons (Fsp3) is 0.588. The van der Waals surface area contributed by atoms with E-state index in [9.17, 15) is 4.79 Å². The molecule has 1 nitrogen and oxygen atoms in total. The Kier molecular flexibility index (Phi) is 4.98. The van der Waals surface area contributed by atoms with Gasteiger partial charge in [-0.15, -0.1) is 0 Å². The first-order valence-corrected chi connectivity index (χ1v) is 7.46. The molecule has 0 radical (unpaired) electrons. The number of carbonyl (C=O) groups excluding carboxylic acids is 1. The van der Waals surface area contributed by atoms with Crippen LogP contribution in [0.4, 0.5) is 0 Å². The van der Waals surface area contributed by atoms with Gasteiger partial charge in [0.25, 0.3) is 0 Å². The predicted molar refractivity (Wildman–Crippen MR) is 76.2 cm³/mol. The van der Waals surface area contributed by atoms with Gasteiger partial charge in [-0.3, -0.25) is 4.79 Å². The second kappa shape index (κ2) is 6.72. The van der Waals surface area contributed by atoms with Crippen molar-refractivity contribution in [3.05, 3.63) is 34.9 Å². The molecule has 0 bridgehead atoms. The zero-order chi connectivity index (χ0) is 12.8. The van der Waals surface area contributed by atoms with Gasteiger partial charge in [0.1, 0.15) is 0 Å². The second-order valence-corrected chi connectivity index (χ2v) is 5.43. The van der Waals surface area contributed by atoms with Gasteiger partial charge in [0.2, 0.25) is 0 Å². The van der Waals surface area contributed by atoms with E-state index in [0.717, 1.165) is 18.4 Å². The zero-order valence-electron chi connectivity index (χ0n) is 11.5. The summed E-state index contributed by atoms with van der Waals surface area (Å²) >= 11 is 0. The Labute approximate surface area is 111 Å². The Morgan fingerprint density at radius 1 is 1.00 bits per heavy atom. The predicted octanol–water partition coefficient (Wildman–Crippen LogP) is 4.72. The van der Waals surface area contributed by atoms with Crippen molar-refractivity contribution < 1.29 is 4.79 Å². The van der Waals surface area contributed by atoms with Crippen molar-refractivity contribution in [3.63, 3.8) is 0 Å². The highest BCUT2D eigenvalue weighted by molar-refractivity contribution is 6.00. The lowest BCUT2D eigenvalue weighted by molar-refractivity contribution is 0.0994. The number of aryl methyl sites for hydroxylation is 2. The molecule has 0 N–H and O–H groups in total. The van der Waals surface area contributed by atoms with Crippen LogP contribution in [0.1, 0.15) is 73.4 Å². The monoisotopic (exact) mass is 244 g/mol. The highest BCUT2D eigenvalue weighted by Crippen LogP contribution is 2.23. The van der Waals surface area contributed by atoms with Crippen molar-refractivity contribution >= 4 is 5.78 Å². The normalized spacial score (nSPS) is 13.9. The molecule has 0 heterocycles. The molecule has 0 amide bonds. The molecule has 1 aromatic carbocycles. The molecule has 0 saturated carbocycles. The maximum Gasteiger partial charge on any atom is 0.163 e. The SMILES string of the molecule is CCCCCCCCc1ccc2c(c1)CCC2=O. The smallest absolute Gasteiger partial charge is 0.163 e. The van der Waals surface area contributed by atoms with Crippen LogP contribution in [0.5, 0.6) is 0 Å². The van der Waals surface area contributed by atoms with Gasteiger partial charge in [-0.05, 0) is 30.4 Å². The number of rotatable bonds is 7. The standard InChI is InChI=1S/C17H24O/c1-2-3-4-5-6-7-8-14-9-11-16-15(13-14)10-12-17(16)18/h9,11,13H,2-8,10,12H2,1H3. The molecule has 1 aromatic rings. The topological polar surface area (TPSA) is 17.1 Å². The molecule has 1 heteroatoms. The maximum absolute atomic E-state index is 11.5. The van der Waals surface area contributed by atoms with Crippen LogP contribution < -0.4 is 0 Å². The Morgan fingerprint density at radius 3 is 2.61 bits per heavy atom. The minimum Gasteiger partial charge on any atom is -0.294 e. The van der Waals surface area contributed by atoms with E-state index in [1.807, 2.05) is 6.07 Å². The van der Waals surface area contributed by atoms with Gasteiger partial charge >= 0.3 is 0 Å². The average Bonchev–Trinajstić information content (AvgIpc) is 2.75. The molecule has 0 saturated heterocycles. The first-order chi connectivity index (χ1) is 8.81. The summed E-state index contributed by atoms with van der Waals surface area (Å²) in [5.74, 6) is 0.330. The number of Topliss-reactive ketones (excluding diaryl/α,β-unsaturated/α-hetero) is 1. The first-order valence-electron chi connectivity index (χ1n) is 7.46. The van der Waals surface area contributed by atoms with Crippen molar-refractivity contribution in [2.75, 3.05) is 0 Å². The van der Waals surface area contributed by atoms with Crippen molar-refractivity contribution in [2.24, 2.45) is 0 Å². The summed E-state index contributed by atoms with van der Waals surface area (Å²) < 4.78 is 0. The number of fused-ring (bicyclic) bond motifs is 1. The lowest BCUT2D eigenvalue weighted by Gasteiger charge is -2.04. The highest BCUT2D eigenvalue weighted by atomic mass is 16.1. The summed E-state index contributed by atoms with van der Waals surface area (Å²) in [7, 11) is 0. The molecule has 1 aliphatic rings. The summed E-state index contributed by atoms with van der Waals surface area (Å²) in [5.41, 5.74) is 3.67. The van der Waals surface area contributed by atoms with E-state index in [2.05, 4.69) is 19.1 Å². The maximum atomic E-state index is 11.5. The van der Waals surface area contributed by atoms with Crippen molar-refractivity contribution in [2.45, 2.75) is 64.7 Å². The summed E-state index contributed by atoms with van der Waals surface area (Å²) in [5, 5.41) is 0.